The molecule has 0 fully saturated rings. The van der Waals surface area contributed by atoms with Crippen LogP contribution in [-0.2, 0) is 6.61 Å². The molecule has 3 heteroatoms. The monoisotopic (exact) mass is 189 g/mol. The summed E-state index contributed by atoms with van der Waals surface area (Å²) in [5.41, 5.74) is 2.08. The molecule has 1 N–H and O–H groups in total. The molecule has 0 aliphatic rings. The van der Waals surface area contributed by atoms with Crippen LogP contribution in [0.2, 0.25) is 0 Å². The van der Waals surface area contributed by atoms with E-state index in [4.69, 9.17) is 9.52 Å². The molecule has 1 aromatic heterocycles. The molecule has 14 heavy (non-hydrogen) atoms. The summed E-state index contributed by atoms with van der Waals surface area (Å²) in [7, 11) is 0. The fourth-order valence-corrected chi connectivity index (χ4v) is 1.32. The molecule has 0 radical (unpaired) electrons. The van der Waals surface area contributed by atoms with E-state index in [9.17, 15) is 0 Å². The first-order chi connectivity index (χ1) is 6.81. The van der Waals surface area contributed by atoms with Crippen molar-refractivity contribution in [3.05, 3.63) is 41.8 Å². The van der Waals surface area contributed by atoms with Crippen LogP contribution in [0.4, 0.5) is 0 Å². The minimum Gasteiger partial charge on any atom is -0.439 e. The van der Waals surface area contributed by atoms with Crippen molar-refractivity contribution in [2.75, 3.05) is 0 Å². The standard InChI is InChI=1S/C11H11NO2/c1-8-4-2-3-5-10(8)11-12-6-9(7-13)14-11/h2-6,13H,7H2,1H3. The van der Waals surface area contributed by atoms with E-state index in [1.807, 2.05) is 31.2 Å². The van der Waals surface area contributed by atoms with Crippen molar-refractivity contribution >= 4 is 0 Å². The Morgan fingerprint density at radius 1 is 1.36 bits per heavy atom. The second-order valence-corrected chi connectivity index (χ2v) is 3.10. The van der Waals surface area contributed by atoms with Crippen LogP contribution >= 0.6 is 0 Å². The zero-order valence-electron chi connectivity index (χ0n) is 7.90. The van der Waals surface area contributed by atoms with Crippen molar-refractivity contribution in [3.8, 4) is 11.5 Å². The lowest BCUT2D eigenvalue weighted by Crippen LogP contribution is -1.81. The van der Waals surface area contributed by atoms with Gasteiger partial charge < -0.3 is 9.52 Å². The third-order valence-electron chi connectivity index (χ3n) is 2.08. The molecule has 0 atom stereocenters. The van der Waals surface area contributed by atoms with E-state index < -0.39 is 0 Å². The van der Waals surface area contributed by atoms with Crippen LogP contribution in [0, 0.1) is 6.92 Å². The molecule has 1 aromatic carbocycles. The Bertz CT molecular complexity index is 434. The van der Waals surface area contributed by atoms with Gasteiger partial charge in [0.15, 0.2) is 0 Å². The summed E-state index contributed by atoms with van der Waals surface area (Å²) in [6.07, 6.45) is 1.54. The van der Waals surface area contributed by atoms with Crippen molar-refractivity contribution in [3.63, 3.8) is 0 Å². The summed E-state index contributed by atoms with van der Waals surface area (Å²) in [6.45, 7) is 1.89. The molecular formula is C11H11NO2. The van der Waals surface area contributed by atoms with Gasteiger partial charge in [0.2, 0.25) is 5.89 Å². The Labute approximate surface area is 82.0 Å². The maximum atomic E-state index is 8.83. The van der Waals surface area contributed by atoms with Gasteiger partial charge in [-0.25, -0.2) is 4.98 Å². The van der Waals surface area contributed by atoms with Crippen LogP contribution in [0.25, 0.3) is 11.5 Å². The highest BCUT2D eigenvalue weighted by Gasteiger charge is 2.07. The van der Waals surface area contributed by atoms with Crippen molar-refractivity contribution in [2.24, 2.45) is 0 Å². The molecule has 0 aliphatic heterocycles. The van der Waals surface area contributed by atoms with E-state index in [0.717, 1.165) is 11.1 Å². The third kappa shape index (κ3) is 1.54. The summed E-state index contributed by atoms with van der Waals surface area (Å²) in [5, 5.41) is 8.83. The van der Waals surface area contributed by atoms with Gasteiger partial charge in [-0.15, -0.1) is 0 Å². The number of aromatic nitrogens is 1. The van der Waals surface area contributed by atoms with Crippen LogP contribution in [0.3, 0.4) is 0 Å². The second kappa shape index (κ2) is 3.64. The van der Waals surface area contributed by atoms with Gasteiger partial charge in [0.25, 0.3) is 0 Å². The van der Waals surface area contributed by atoms with E-state index >= 15 is 0 Å². The molecular weight excluding hydrogens is 178 g/mol. The molecule has 1 heterocycles. The molecule has 2 rings (SSSR count). The maximum absolute atomic E-state index is 8.83. The molecule has 0 bridgehead atoms. The van der Waals surface area contributed by atoms with Crippen LogP contribution in [0.15, 0.2) is 34.9 Å². The lowest BCUT2D eigenvalue weighted by atomic mass is 10.1. The van der Waals surface area contributed by atoms with Gasteiger partial charge in [0, 0.05) is 5.56 Å². The second-order valence-electron chi connectivity index (χ2n) is 3.10. The number of rotatable bonds is 2. The number of oxazole rings is 1. The average molecular weight is 189 g/mol. The molecule has 0 spiro atoms. The van der Waals surface area contributed by atoms with Gasteiger partial charge >= 0.3 is 0 Å². The van der Waals surface area contributed by atoms with Gasteiger partial charge in [-0.1, -0.05) is 18.2 Å². The topological polar surface area (TPSA) is 46.3 Å². The molecule has 0 saturated carbocycles. The van der Waals surface area contributed by atoms with Crippen molar-refractivity contribution in [2.45, 2.75) is 13.5 Å². The number of aliphatic hydroxyl groups is 1. The van der Waals surface area contributed by atoms with Gasteiger partial charge in [-0.05, 0) is 18.6 Å². The zero-order chi connectivity index (χ0) is 9.97. The molecule has 0 unspecified atom stereocenters. The highest BCUT2D eigenvalue weighted by Crippen LogP contribution is 2.22. The minimum absolute atomic E-state index is 0.112. The summed E-state index contributed by atoms with van der Waals surface area (Å²) in [6, 6.07) is 7.85. The van der Waals surface area contributed by atoms with E-state index in [0.29, 0.717) is 11.7 Å². The Morgan fingerprint density at radius 2 is 2.14 bits per heavy atom. The summed E-state index contributed by atoms with van der Waals surface area (Å²) < 4.78 is 5.34. The number of aliphatic hydroxyl groups excluding tert-OH is 1. The Kier molecular flexibility index (Phi) is 2.33. The van der Waals surface area contributed by atoms with Crippen LogP contribution in [-0.4, -0.2) is 10.1 Å². The van der Waals surface area contributed by atoms with E-state index in [-0.39, 0.29) is 6.61 Å². The highest BCUT2D eigenvalue weighted by molar-refractivity contribution is 5.57. The first kappa shape index (κ1) is 8.97. The summed E-state index contributed by atoms with van der Waals surface area (Å²) in [5.74, 6) is 1.05. The highest BCUT2D eigenvalue weighted by atomic mass is 16.4. The molecule has 2 aromatic rings. The number of nitrogens with zero attached hydrogens (tertiary/aromatic N) is 1. The summed E-state index contributed by atoms with van der Waals surface area (Å²) >= 11 is 0. The largest absolute Gasteiger partial charge is 0.439 e. The quantitative estimate of drug-likeness (QED) is 0.787. The molecule has 0 aliphatic carbocycles. The Balaban J connectivity index is 2.44. The molecule has 3 nitrogen and oxygen atoms in total. The lowest BCUT2D eigenvalue weighted by molar-refractivity contribution is 0.248. The van der Waals surface area contributed by atoms with Crippen LogP contribution in [0.1, 0.15) is 11.3 Å². The van der Waals surface area contributed by atoms with Crippen molar-refractivity contribution in [1.82, 2.24) is 4.98 Å². The van der Waals surface area contributed by atoms with Crippen LogP contribution in [0.5, 0.6) is 0 Å². The Morgan fingerprint density at radius 3 is 2.79 bits per heavy atom. The predicted molar refractivity (Wildman–Crippen MR) is 52.6 cm³/mol. The van der Waals surface area contributed by atoms with Gasteiger partial charge in [-0.2, -0.15) is 0 Å². The van der Waals surface area contributed by atoms with Gasteiger partial charge in [0.1, 0.15) is 12.4 Å². The van der Waals surface area contributed by atoms with Crippen molar-refractivity contribution < 1.29 is 9.52 Å². The third-order valence-corrected chi connectivity index (χ3v) is 2.08. The van der Waals surface area contributed by atoms with E-state index in [2.05, 4.69) is 4.98 Å². The lowest BCUT2D eigenvalue weighted by Gasteiger charge is -1.99. The molecule has 72 valence electrons. The molecule has 0 saturated heterocycles. The smallest absolute Gasteiger partial charge is 0.226 e. The summed E-state index contributed by atoms with van der Waals surface area (Å²) in [4.78, 5) is 4.09. The first-order valence-corrected chi connectivity index (χ1v) is 4.43. The predicted octanol–water partition coefficient (Wildman–Crippen LogP) is 2.14. The fourth-order valence-electron chi connectivity index (χ4n) is 1.32. The number of hydrogen-bond acceptors (Lipinski definition) is 3. The number of aryl methyl sites for hydroxylation is 1. The van der Waals surface area contributed by atoms with E-state index in [1.54, 1.807) is 6.20 Å². The number of benzene rings is 1. The minimum atomic E-state index is -0.112. The zero-order valence-corrected chi connectivity index (χ0v) is 7.90. The van der Waals surface area contributed by atoms with E-state index in [1.165, 1.54) is 0 Å². The maximum Gasteiger partial charge on any atom is 0.226 e. The van der Waals surface area contributed by atoms with Gasteiger partial charge in [0.05, 0.1) is 6.20 Å². The molecule has 0 amide bonds. The van der Waals surface area contributed by atoms with Crippen LogP contribution < -0.4 is 0 Å². The SMILES string of the molecule is Cc1ccccc1-c1ncc(CO)o1. The fraction of sp³-hybridized carbons (Fsp3) is 0.182. The van der Waals surface area contributed by atoms with Crippen molar-refractivity contribution in [1.29, 1.82) is 0 Å². The first-order valence-electron chi connectivity index (χ1n) is 4.43. The van der Waals surface area contributed by atoms with Gasteiger partial charge in [-0.3, -0.25) is 0 Å². The average Bonchev–Trinajstić information content (AvgIpc) is 2.67. The number of hydrogen-bond donors (Lipinski definition) is 1. The normalized spacial score (nSPS) is 10.4. The Hall–Kier alpha value is -1.61.